The van der Waals surface area contributed by atoms with Gasteiger partial charge in [0.15, 0.2) is 0 Å². The number of nitrogens with one attached hydrogen (secondary N) is 1. The maximum atomic E-state index is 11.9. The lowest BCUT2D eigenvalue weighted by Gasteiger charge is -2.32. The van der Waals surface area contributed by atoms with Crippen molar-refractivity contribution in [2.75, 3.05) is 53.4 Å². The van der Waals surface area contributed by atoms with E-state index in [4.69, 9.17) is 4.42 Å². The molecule has 0 bridgehead atoms. The molecular weight excluding hydrogens is 280 g/mol. The molecule has 1 saturated heterocycles. The minimum atomic E-state index is -0.0454. The number of carbonyl (C=O) groups excluding carboxylic acids is 1. The Morgan fingerprint density at radius 3 is 2.77 bits per heavy atom. The zero-order chi connectivity index (χ0) is 15.8. The van der Waals surface area contributed by atoms with Gasteiger partial charge in [-0.05, 0) is 38.6 Å². The largest absolute Gasteiger partial charge is 0.467 e. The topological polar surface area (TPSA) is 52.0 Å². The van der Waals surface area contributed by atoms with Gasteiger partial charge < -0.3 is 24.4 Å². The number of rotatable bonds is 7. The predicted octanol–water partition coefficient (Wildman–Crippen LogP) is 1.45. The molecule has 6 nitrogen and oxygen atoms in total. The van der Waals surface area contributed by atoms with Gasteiger partial charge in [0.25, 0.3) is 0 Å². The fraction of sp³-hybridized carbons (Fsp3) is 0.688. The minimum absolute atomic E-state index is 0.0454. The maximum Gasteiger partial charge on any atom is 0.317 e. The Balaban J connectivity index is 1.51. The van der Waals surface area contributed by atoms with E-state index in [1.807, 2.05) is 12.1 Å². The Labute approximate surface area is 133 Å². The first-order chi connectivity index (χ1) is 10.6. The molecule has 0 aromatic carbocycles. The van der Waals surface area contributed by atoms with Crippen molar-refractivity contribution in [3.63, 3.8) is 0 Å². The number of carbonyl (C=O) groups is 1. The summed E-state index contributed by atoms with van der Waals surface area (Å²) in [6, 6.07) is 3.66. The SMILES string of the molecule is CN1CCN(CCCCNC(=O)N(C)Cc2ccco2)CC1. The van der Waals surface area contributed by atoms with Gasteiger partial charge in [-0.1, -0.05) is 0 Å². The van der Waals surface area contributed by atoms with E-state index in [0.717, 1.165) is 57.9 Å². The molecule has 2 amide bonds. The highest BCUT2D eigenvalue weighted by atomic mass is 16.3. The second-order valence-electron chi connectivity index (χ2n) is 6.02. The Morgan fingerprint density at radius 2 is 2.09 bits per heavy atom. The van der Waals surface area contributed by atoms with Gasteiger partial charge in [0.2, 0.25) is 0 Å². The molecule has 0 unspecified atom stereocenters. The van der Waals surface area contributed by atoms with Crippen LogP contribution >= 0.6 is 0 Å². The van der Waals surface area contributed by atoms with E-state index in [1.54, 1.807) is 18.2 Å². The first-order valence-electron chi connectivity index (χ1n) is 8.07. The third kappa shape index (κ3) is 5.69. The molecule has 1 aromatic rings. The number of hydrogen-bond donors (Lipinski definition) is 1. The molecule has 124 valence electrons. The van der Waals surface area contributed by atoms with Crippen molar-refractivity contribution >= 4 is 6.03 Å². The van der Waals surface area contributed by atoms with E-state index < -0.39 is 0 Å². The van der Waals surface area contributed by atoms with Crippen molar-refractivity contribution in [2.24, 2.45) is 0 Å². The molecule has 22 heavy (non-hydrogen) atoms. The highest BCUT2D eigenvalue weighted by Gasteiger charge is 2.13. The first-order valence-corrected chi connectivity index (χ1v) is 8.07. The molecule has 2 heterocycles. The smallest absolute Gasteiger partial charge is 0.317 e. The quantitative estimate of drug-likeness (QED) is 0.775. The minimum Gasteiger partial charge on any atom is -0.467 e. The molecule has 0 radical (unpaired) electrons. The van der Waals surface area contributed by atoms with Gasteiger partial charge in [-0.25, -0.2) is 4.79 Å². The molecule has 1 N–H and O–H groups in total. The standard InChI is InChI=1S/C16H28N4O2/c1-18-9-11-20(12-10-18)8-4-3-7-17-16(21)19(2)14-15-6-5-13-22-15/h5-6,13H,3-4,7-12,14H2,1-2H3,(H,17,21). The zero-order valence-electron chi connectivity index (χ0n) is 13.8. The Hall–Kier alpha value is -1.53. The molecule has 0 saturated carbocycles. The summed E-state index contributed by atoms with van der Waals surface area (Å²) in [7, 11) is 3.95. The van der Waals surface area contributed by atoms with Crippen LogP contribution in [-0.4, -0.2) is 74.1 Å². The number of amides is 2. The summed E-state index contributed by atoms with van der Waals surface area (Å²) in [6.07, 6.45) is 3.78. The summed E-state index contributed by atoms with van der Waals surface area (Å²) in [4.78, 5) is 18.4. The van der Waals surface area contributed by atoms with Crippen LogP contribution in [0.1, 0.15) is 18.6 Å². The van der Waals surface area contributed by atoms with Gasteiger partial charge in [0.05, 0.1) is 12.8 Å². The Bertz CT molecular complexity index is 427. The third-order valence-electron chi connectivity index (χ3n) is 4.09. The Kier molecular flexibility index (Phi) is 6.74. The molecule has 1 aliphatic rings. The summed E-state index contributed by atoms with van der Waals surface area (Å²) in [5.41, 5.74) is 0. The van der Waals surface area contributed by atoms with E-state index >= 15 is 0 Å². The normalized spacial score (nSPS) is 16.6. The average molecular weight is 308 g/mol. The van der Waals surface area contributed by atoms with E-state index in [2.05, 4.69) is 22.2 Å². The van der Waals surface area contributed by atoms with Crippen molar-refractivity contribution in [3.05, 3.63) is 24.2 Å². The van der Waals surface area contributed by atoms with Crippen LogP contribution in [0.25, 0.3) is 0 Å². The highest BCUT2D eigenvalue weighted by Crippen LogP contribution is 2.04. The van der Waals surface area contributed by atoms with Gasteiger partial charge in [0.1, 0.15) is 5.76 Å². The summed E-state index contributed by atoms with van der Waals surface area (Å²) >= 11 is 0. The molecule has 2 rings (SSSR count). The number of unbranched alkanes of at least 4 members (excludes halogenated alkanes) is 1. The number of hydrogen-bond acceptors (Lipinski definition) is 4. The number of piperazine rings is 1. The molecule has 6 heteroatoms. The lowest BCUT2D eigenvalue weighted by molar-refractivity contribution is 0.152. The average Bonchev–Trinajstić information content (AvgIpc) is 3.01. The summed E-state index contributed by atoms with van der Waals surface area (Å²) in [6.45, 7) is 7.01. The lowest BCUT2D eigenvalue weighted by atomic mass is 10.2. The lowest BCUT2D eigenvalue weighted by Crippen LogP contribution is -2.44. The van der Waals surface area contributed by atoms with Crippen LogP contribution < -0.4 is 5.32 Å². The second-order valence-corrected chi connectivity index (χ2v) is 6.02. The monoisotopic (exact) mass is 308 g/mol. The van der Waals surface area contributed by atoms with Gasteiger partial charge >= 0.3 is 6.03 Å². The molecule has 0 spiro atoms. The molecule has 1 aromatic heterocycles. The van der Waals surface area contributed by atoms with Crippen molar-refractivity contribution < 1.29 is 9.21 Å². The van der Waals surface area contributed by atoms with Crippen LogP contribution in [0.15, 0.2) is 22.8 Å². The van der Waals surface area contributed by atoms with Gasteiger partial charge in [-0.15, -0.1) is 0 Å². The number of furan rings is 1. The zero-order valence-corrected chi connectivity index (χ0v) is 13.8. The molecule has 0 aliphatic carbocycles. The van der Waals surface area contributed by atoms with E-state index in [9.17, 15) is 4.79 Å². The summed E-state index contributed by atoms with van der Waals surface area (Å²) in [5.74, 6) is 0.799. The summed E-state index contributed by atoms with van der Waals surface area (Å²) < 4.78 is 5.24. The van der Waals surface area contributed by atoms with Crippen LogP contribution in [0, 0.1) is 0 Å². The molecule has 1 fully saturated rings. The third-order valence-corrected chi connectivity index (χ3v) is 4.09. The van der Waals surface area contributed by atoms with Crippen molar-refractivity contribution in [3.8, 4) is 0 Å². The maximum absolute atomic E-state index is 11.9. The number of likely N-dealkylation sites (N-methyl/N-ethyl adjacent to an activating group) is 1. The van der Waals surface area contributed by atoms with E-state index in [1.165, 1.54) is 0 Å². The molecule has 0 atom stereocenters. The van der Waals surface area contributed by atoms with Crippen molar-refractivity contribution in [1.82, 2.24) is 20.0 Å². The van der Waals surface area contributed by atoms with Gasteiger partial charge in [-0.2, -0.15) is 0 Å². The van der Waals surface area contributed by atoms with Gasteiger partial charge in [-0.3, -0.25) is 0 Å². The molecular formula is C16H28N4O2. The van der Waals surface area contributed by atoms with Crippen LogP contribution in [0.3, 0.4) is 0 Å². The molecule has 1 aliphatic heterocycles. The predicted molar refractivity (Wildman–Crippen MR) is 86.7 cm³/mol. The van der Waals surface area contributed by atoms with E-state index in [0.29, 0.717) is 6.54 Å². The van der Waals surface area contributed by atoms with Crippen LogP contribution in [0.5, 0.6) is 0 Å². The second kappa shape index (κ2) is 8.80. The van der Waals surface area contributed by atoms with Crippen LogP contribution in [0.4, 0.5) is 4.79 Å². The fourth-order valence-electron chi connectivity index (χ4n) is 2.57. The number of nitrogens with zero attached hydrogens (tertiary/aromatic N) is 3. The van der Waals surface area contributed by atoms with E-state index in [-0.39, 0.29) is 6.03 Å². The first kappa shape index (κ1) is 16.8. The Morgan fingerprint density at radius 1 is 1.32 bits per heavy atom. The fourth-order valence-corrected chi connectivity index (χ4v) is 2.57. The van der Waals surface area contributed by atoms with Crippen molar-refractivity contribution in [2.45, 2.75) is 19.4 Å². The van der Waals surface area contributed by atoms with Crippen LogP contribution in [0.2, 0.25) is 0 Å². The van der Waals surface area contributed by atoms with Crippen molar-refractivity contribution in [1.29, 1.82) is 0 Å². The van der Waals surface area contributed by atoms with Crippen LogP contribution in [-0.2, 0) is 6.54 Å². The summed E-state index contributed by atoms with van der Waals surface area (Å²) in [5, 5.41) is 2.96. The highest BCUT2D eigenvalue weighted by molar-refractivity contribution is 5.73. The number of urea groups is 1. The van der Waals surface area contributed by atoms with Gasteiger partial charge in [0, 0.05) is 39.8 Å².